The van der Waals surface area contributed by atoms with Gasteiger partial charge < -0.3 is 24.4 Å². The molecule has 202 valence electrons. The van der Waals surface area contributed by atoms with Gasteiger partial charge in [0.1, 0.15) is 40.2 Å². The number of phenols is 1. The lowest BCUT2D eigenvalue weighted by Crippen LogP contribution is -2.57. The smallest absolute Gasteiger partial charge is 0.263 e. The highest BCUT2D eigenvalue weighted by atomic mass is 35.5. The van der Waals surface area contributed by atoms with Crippen molar-refractivity contribution in [2.24, 2.45) is 0 Å². The number of nitrogens with zero attached hydrogens (tertiary/aromatic N) is 3. The first kappa shape index (κ1) is 26.5. The van der Waals surface area contributed by atoms with Gasteiger partial charge in [-0.3, -0.25) is 9.59 Å². The van der Waals surface area contributed by atoms with Crippen molar-refractivity contribution in [3.05, 3.63) is 77.1 Å². The second-order valence-electron chi connectivity index (χ2n) is 9.66. The number of aromatic hydroxyl groups is 1. The fraction of sp³-hybridized carbons (Fsp3) is 0.276. The number of benzene rings is 2. The molecule has 2 amide bonds. The van der Waals surface area contributed by atoms with Crippen LogP contribution in [0.15, 0.2) is 55.1 Å². The molecular formula is C29H27ClFN3O5. The largest absolute Gasteiger partial charge is 0.507 e. The minimum atomic E-state index is -0.756. The van der Waals surface area contributed by atoms with Crippen molar-refractivity contribution < 1.29 is 28.6 Å². The summed E-state index contributed by atoms with van der Waals surface area (Å²) in [6, 6.07) is 10.7. The molecule has 3 heterocycles. The van der Waals surface area contributed by atoms with E-state index in [9.17, 15) is 19.1 Å². The molecule has 1 N–H and O–H groups in total. The molecule has 10 heteroatoms. The van der Waals surface area contributed by atoms with Gasteiger partial charge in [-0.15, -0.1) is 0 Å². The summed E-state index contributed by atoms with van der Waals surface area (Å²) in [5, 5.41) is 10.4. The van der Waals surface area contributed by atoms with E-state index in [1.54, 1.807) is 21.9 Å². The topological polar surface area (TPSA) is 92.2 Å². The van der Waals surface area contributed by atoms with Crippen molar-refractivity contribution in [1.82, 2.24) is 14.8 Å². The molecule has 8 nitrogen and oxygen atoms in total. The molecule has 2 aromatic carbocycles. The van der Waals surface area contributed by atoms with Crippen LogP contribution in [0.2, 0.25) is 5.02 Å². The molecular weight excluding hydrogens is 525 g/mol. The summed E-state index contributed by atoms with van der Waals surface area (Å²) in [4.78, 5) is 34.0. The molecule has 2 aliphatic heterocycles. The van der Waals surface area contributed by atoms with Crippen LogP contribution in [0.25, 0.3) is 11.3 Å². The summed E-state index contributed by atoms with van der Waals surface area (Å²) in [5.41, 5.74) is 0.492. The number of para-hydroxylation sites is 1. The van der Waals surface area contributed by atoms with Gasteiger partial charge in [0.05, 0.1) is 11.6 Å². The van der Waals surface area contributed by atoms with E-state index in [0.717, 1.165) is 5.56 Å². The maximum Gasteiger partial charge on any atom is 0.263 e. The Morgan fingerprint density at radius 2 is 2.00 bits per heavy atom. The van der Waals surface area contributed by atoms with Crippen molar-refractivity contribution in [2.75, 3.05) is 26.2 Å². The lowest BCUT2D eigenvalue weighted by Gasteiger charge is -2.39. The molecule has 1 fully saturated rings. The number of aromatic nitrogens is 1. The highest BCUT2D eigenvalue weighted by molar-refractivity contribution is 6.35. The van der Waals surface area contributed by atoms with Crippen LogP contribution in [0.1, 0.15) is 35.7 Å². The Morgan fingerprint density at radius 3 is 2.72 bits per heavy atom. The van der Waals surface area contributed by atoms with Gasteiger partial charge in [0.2, 0.25) is 11.8 Å². The molecule has 0 aliphatic carbocycles. The van der Waals surface area contributed by atoms with Crippen LogP contribution < -0.4 is 9.47 Å². The fourth-order valence-corrected chi connectivity index (χ4v) is 5.19. The summed E-state index contributed by atoms with van der Waals surface area (Å²) in [6.07, 6.45) is 1.23. The average molecular weight is 552 g/mol. The lowest BCUT2D eigenvalue weighted by atomic mass is 10.0. The molecule has 39 heavy (non-hydrogen) atoms. The molecule has 1 atom stereocenters. The van der Waals surface area contributed by atoms with Crippen molar-refractivity contribution in [2.45, 2.75) is 25.8 Å². The van der Waals surface area contributed by atoms with Crippen LogP contribution in [0, 0.1) is 5.82 Å². The summed E-state index contributed by atoms with van der Waals surface area (Å²) < 4.78 is 27.3. The van der Waals surface area contributed by atoms with Crippen LogP contribution in [0.5, 0.6) is 23.1 Å². The molecule has 5 rings (SSSR count). The normalized spacial score (nSPS) is 16.7. The number of pyridine rings is 1. The Balaban J connectivity index is 1.68. The number of amides is 2. The second-order valence-corrected chi connectivity index (χ2v) is 10.0. The first-order valence-electron chi connectivity index (χ1n) is 12.5. The number of hydrogen-bond acceptors (Lipinski definition) is 6. The maximum absolute atomic E-state index is 15.0. The molecule has 0 bridgehead atoms. The number of carbonyl (C=O) groups excluding carboxylic acids is 2. The molecule has 2 aliphatic rings. The molecule has 3 aromatic rings. The number of piperazine rings is 1. The van der Waals surface area contributed by atoms with E-state index in [4.69, 9.17) is 21.1 Å². The van der Waals surface area contributed by atoms with Gasteiger partial charge in [-0.1, -0.05) is 56.3 Å². The zero-order valence-corrected chi connectivity index (χ0v) is 22.2. The van der Waals surface area contributed by atoms with Crippen molar-refractivity contribution in [3.63, 3.8) is 0 Å². The van der Waals surface area contributed by atoms with Gasteiger partial charge in [-0.2, -0.15) is 0 Å². The van der Waals surface area contributed by atoms with Gasteiger partial charge in [0.25, 0.3) is 5.91 Å². The van der Waals surface area contributed by atoms with E-state index in [2.05, 4.69) is 11.6 Å². The van der Waals surface area contributed by atoms with E-state index in [1.807, 2.05) is 26.0 Å². The van der Waals surface area contributed by atoms with Crippen LogP contribution >= 0.6 is 11.6 Å². The predicted octanol–water partition coefficient (Wildman–Crippen LogP) is 5.39. The summed E-state index contributed by atoms with van der Waals surface area (Å²) >= 11 is 6.73. The molecule has 0 spiro atoms. The number of halogens is 2. The number of fused-ring (bicyclic) bond motifs is 2. The zero-order chi connectivity index (χ0) is 27.8. The third-order valence-electron chi connectivity index (χ3n) is 6.90. The molecule has 1 aromatic heterocycles. The van der Waals surface area contributed by atoms with Gasteiger partial charge in [0, 0.05) is 19.6 Å². The van der Waals surface area contributed by atoms with Crippen LogP contribution in [0.4, 0.5) is 4.39 Å². The number of phenolic OH excluding ortho intramolecular Hbond substituents is 1. The minimum absolute atomic E-state index is 0.0101. The zero-order valence-electron chi connectivity index (χ0n) is 21.5. The van der Waals surface area contributed by atoms with E-state index >= 15 is 0 Å². The minimum Gasteiger partial charge on any atom is -0.507 e. The number of carbonyl (C=O) groups is 2. The third-order valence-corrected chi connectivity index (χ3v) is 7.25. The van der Waals surface area contributed by atoms with Gasteiger partial charge in [0.15, 0.2) is 5.75 Å². The van der Waals surface area contributed by atoms with Crippen LogP contribution in [-0.2, 0) is 4.79 Å². The van der Waals surface area contributed by atoms with E-state index in [-0.39, 0.29) is 70.7 Å². The fourth-order valence-electron chi connectivity index (χ4n) is 4.90. The SMILES string of the molecule is C=CC(=O)N1CCN2C(=O)c3c(Oc4ccccc4C(C)C)nc(-c4c(O)cccc4F)c(Cl)c3OC[C@H]2C1. The standard InChI is InChI=1S/C29H27ClFN3O5/c1-4-22(36)33-12-13-34-17(14-33)15-38-27-24(29(34)37)28(39-21-11-6-5-8-18(21)16(2)3)32-26(25(27)30)23-19(31)9-7-10-20(23)35/h4-11,16-17,35H,1,12-15H2,2-3H3/t17-/m1/s1. The Bertz CT molecular complexity index is 1460. The number of rotatable bonds is 5. The van der Waals surface area contributed by atoms with E-state index in [1.165, 1.54) is 24.3 Å². The van der Waals surface area contributed by atoms with Gasteiger partial charge in [-0.25, -0.2) is 9.37 Å². The summed E-state index contributed by atoms with van der Waals surface area (Å²) in [7, 11) is 0. The Morgan fingerprint density at radius 1 is 1.23 bits per heavy atom. The molecule has 0 saturated carbocycles. The first-order valence-corrected chi connectivity index (χ1v) is 12.9. The maximum atomic E-state index is 15.0. The highest BCUT2D eigenvalue weighted by Crippen LogP contribution is 2.47. The molecule has 0 radical (unpaired) electrons. The van der Waals surface area contributed by atoms with Crippen LogP contribution in [-0.4, -0.2) is 64.0 Å². The summed E-state index contributed by atoms with van der Waals surface area (Å²) in [5.74, 6) is -1.42. The van der Waals surface area contributed by atoms with Crippen LogP contribution in [0.3, 0.4) is 0 Å². The van der Waals surface area contributed by atoms with Gasteiger partial charge >= 0.3 is 0 Å². The first-order chi connectivity index (χ1) is 18.7. The monoisotopic (exact) mass is 551 g/mol. The number of ether oxygens (including phenoxy) is 2. The third kappa shape index (κ3) is 4.78. The van der Waals surface area contributed by atoms with Crippen molar-refractivity contribution in [3.8, 4) is 34.4 Å². The average Bonchev–Trinajstić information content (AvgIpc) is 3.07. The lowest BCUT2D eigenvalue weighted by molar-refractivity contribution is -0.128. The van der Waals surface area contributed by atoms with E-state index < -0.39 is 17.8 Å². The molecule has 1 saturated heterocycles. The number of hydrogen-bond donors (Lipinski definition) is 1. The Hall–Kier alpha value is -4.11. The second kappa shape index (κ2) is 10.6. The summed E-state index contributed by atoms with van der Waals surface area (Å²) in [6.45, 7) is 8.38. The Labute approximate surface area is 230 Å². The van der Waals surface area contributed by atoms with Gasteiger partial charge in [-0.05, 0) is 35.8 Å². The quantitative estimate of drug-likeness (QED) is 0.427. The Kier molecular flexibility index (Phi) is 7.18. The highest BCUT2D eigenvalue weighted by Gasteiger charge is 2.40. The molecule has 0 unspecified atom stereocenters. The predicted molar refractivity (Wildman–Crippen MR) is 144 cm³/mol. The van der Waals surface area contributed by atoms with E-state index in [0.29, 0.717) is 12.3 Å². The van der Waals surface area contributed by atoms with Crippen molar-refractivity contribution >= 4 is 23.4 Å². The van der Waals surface area contributed by atoms with Crippen molar-refractivity contribution in [1.29, 1.82) is 0 Å².